The van der Waals surface area contributed by atoms with Crippen molar-refractivity contribution in [3.05, 3.63) is 77.4 Å². The van der Waals surface area contributed by atoms with Crippen LogP contribution in [0.5, 0.6) is 0 Å². The predicted molar refractivity (Wildman–Crippen MR) is 105 cm³/mol. The molecule has 130 valence electrons. The molecule has 2 N–H and O–H groups in total. The van der Waals surface area contributed by atoms with Crippen LogP contribution in [-0.4, -0.2) is 12.2 Å². The second-order valence-corrected chi connectivity index (χ2v) is 6.72. The first-order valence-electron chi connectivity index (χ1n) is 8.22. The van der Waals surface area contributed by atoms with Gasteiger partial charge in [-0.3, -0.25) is 0 Å². The van der Waals surface area contributed by atoms with Gasteiger partial charge in [0, 0.05) is 0 Å². The second kappa shape index (κ2) is 7.79. The summed E-state index contributed by atoms with van der Waals surface area (Å²) in [7, 11) is 0. The molecule has 0 radical (unpaired) electrons. The number of rotatable bonds is 5. The van der Waals surface area contributed by atoms with E-state index in [1.165, 1.54) is 5.56 Å². The average Bonchev–Trinajstić information content (AvgIpc) is 2.56. The normalized spacial score (nSPS) is 11.4. The highest BCUT2D eigenvalue weighted by Crippen LogP contribution is 2.23. The number of nitrogens with zero attached hydrogens (tertiary/aromatic N) is 1. The summed E-state index contributed by atoms with van der Waals surface area (Å²) in [5.41, 5.74) is 7.15. The monoisotopic (exact) mass is 335 g/mol. The van der Waals surface area contributed by atoms with Crippen LogP contribution in [0.2, 0.25) is 0 Å². The van der Waals surface area contributed by atoms with Gasteiger partial charge in [-0.25, -0.2) is 10.2 Å². The van der Waals surface area contributed by atoms with Crippen LogP contribution < -0.4 is 10.7 Å². The number of hydrogen-bond donors (Lipinski definition) is 2. The fourth-order valence-corrected chi connectivity index (χ4v) is 2.38. The van der Waals surface area contributed by atoms with E-state index in [4.69, 9.17) is 0 Å². The molecular formula is C21H25N3O. The summed E-state index contributed by atoms with van der Waals surface area (Å²) in [6.07, 6.45) is 1.62. The van der Waals surface area contributed by atoms with Crippen molar-refractivity contribution in [3.8, 4) is 0 Å². The van der Waals surface area contributed by atoms with Crippen LogP contribution in [0.4, 0.5) is 4.79 Å². The van der Waals surface area contributed by atoms with Gasteiger partial charge in [-0.05, 0) is 50.5 Å². The number of urea groups is 1. The zero-order valence-electron chi connectivity index (χ0n) is 15.3. The van der Waals surface area contributed by atoms with Crippen LogP contribution in [0.1, 0.15) is 43.0 Å². The smallest absolute Gasteiger partial charge is 0.328 e. The third-order valence-corrected chi connectivity index (χ3v) is 3.96. The van der Waals surface area contributed by atoms with E-state index in [9.17, 15) is 4.79 Å². The number of hydrogen-bond acceptors (Lipinski definition) is 2. The number of allylic oxidation sites excluding steroid dienone is 1. The maximum Gasteiger partial charge on any atom is 0.335 e. The number of carbonyl (C=O) groups is 1. The summed E-state index contributed by atoms with van der Waals surface area (Å²) in [6.45, 7) is 11.9. The Hall–Kier alpha value is -2.88. The third-order valence-electron chi connectivity index (χ3n) is 3.96. The molecule has 2 aromatic carbocycles. The molecule has 0 saturated heterocycles. The van der Waals surface area contributed by atoms with E-state index in [1.807, 2.05) is 76.2 Å². The van der Waals surface area contributed by atoms with E-state index in [0.717, 1.165) is 22.3 Å². The molecule has 0 unspecified atom stereocenters. The van der Waals surface area contributed by atoms with Crippen molar-refractivity contribution in [1.82, 2.24) is 10.7 Å². The van der Waals surface area contributed by atoms with Crippen LogP contribution in [0, 0.1) is 6.92 Å². The molecule has 4 heteroatoms. The fraction of sp³-hybridized carbons (Fsp3) is 0.238. The Morgan fingerprint density at radius 3 is 2.48 bits per heavy atom. The lowest BCUT2D eigenvalue weighted by molar-refractivity contribution is 0.230. The Kier molecular flexibility index (Phi) is 5.75. The lowest BCUT2D eigenvalue weighted by atomic mass is 9.92. The molecule has 0 aliphatic heterocycles. The van der Waals surface area contributed by atoms with Gasteiger partial charge in [0.1, 0.15) is 0 Å². The number of aryl methyl sites for hydroxylation is 1. The van der Waals surface area contributed by atoms with Crippen LogP contribution in [0.25, 0.3) is 5.57 Å². The zero-order chi connectivity index (χ0) is 18.4. The molecule has 0 atom stereocenters. The number of hydrazone groups is 1. The second-order valence-electron chi connectivity index (χ2n) is 6.72. The van der Waals surface area contributed by atoms with E-state index < -0.39 is 5.54 Å². The van der Waals surface area contributed by atoms with Crippen molar-refractivity contribution < 1.29 is 4.79 Å². The summed E-state index contributed by atoms with van der Waals surface area (Å²) in [4.78, 5) is 12.1. The minimum absolute atomic E-state index is 0.353. The van der Waals surface area contributed by atoms with Crippen LogP contribution in [-0.2, 0) is 5.54 Å². The van der Waals surface area contributed by atoms with E-state index >= 15 is 0 Å². The van der Waals surface area contributed by atoms with Gasteiger partial charge in [0.15, 0.2) is 0 Å². The molecule has 0 heterocycles. The van der Waals surface area contributed by atoms with Gasteiger partial charge in [-0.1, -0.05) is 60.2 Å². The molecule has 0 aliphatic rings. The molecule has 0 aromatic heterocycles. The average molecular weight is 335 g/mol. The molecule has 0 saturated carbocycles. The van der Waals surface area contributed by atoms with Gasteiger partial charge >= 0.3 is 6.03 Å². The summed E-state index contributed by atoms with van der Waals surface area (Å²) < 4.78 is 0. The molecule has 2 rings (SSSR count). The predicted octanol–water partition coefficient (Wildman–Crippen LogP) is 4.60. The lowest BCUT2D eigenvalue weighted by Gasteiger charge is -2.27. The Morgan fingerprint density at radius 2 is 1.84 bits per heavy atom. The number of benzene rings is 2. The standard InChI is InChI=1S/C21H25N3O/c1-15(2)18-7-6-8-19(13-18)21(4,5)23-20(25)24-22-14-17-11-9-16(3)10-12-17/h6-14H,1H2,2-5H3,(H2,23,24,25). The lowest BCUT2D eigenvalue weighted by Crippen LogP contribution is -2.45. The molecule has 0 spiro atoms. The summed E-state index contributed by atoms with van der Waals surface area (Å²) >= 11 is 0. The quantitative estimate of drug-likeness (QED) is 0.609. The van der Waals surface area contributed by atoms with E-state index in [0.29, 0.717) is 0 Å². The minimum atomic E-state index is -0.533. The molecule has 2 amide bonds. The van der Waals surface area contributed by atoms with Crippen molar-refractivity contribution in [2.45, 2.75) is 33.2 Å². The van der Waals surface area contributed by atoms with Crippen LogP contribution >= 0.6 is 0 Å². The van der Waals surface area contributed by atoms with Crippen LogP contribution in [0.15, 0.2) is 60.2 Å². The first kappa shape index (κ1) is 18.5. The summed E-state index contributed by atoms with van der Waals surface area (Å²) in [5, 5.41) is 6.93. The molecule has 2 aromatic rings. The van der Waals surface area contributed by atoms with Gasteiger partial charge in [-0.2, -0.15) is 5.10 Å². The fourth-order valence-electron chi connectivity index (χ4n) is 2.38. The van der Waals surface area contributed by atoms with Crippen molar-refractivity contribution in [2.24, 2.45) is 5.10 Å². The molecule has 0 fully saturated rings. The summed E-state index contributed by atoms with van der Waals surface area (Å²) in [6, 6.07) is 15.5. The van der Waals surface area contributed by atoms with Gasteiger partial charge in [0.25, 0.3) is 0 Å². The van der Waals surface area contributed by atoms with Crippen LogP contribution in [0.3, 0.4) is 0 Å². The Morgan fingerprint density at radius 1 is 1.16 bits per heavy atom. The number of carbonyl (C=O) groups excluding carboxylic acids is 1. The molecule has 25 heavy (non-hydrogen) atoms. The van der Waals surface area contributed by atoms with Crippen molar-refractivity contribution in [3.63, 3.8) is 0 Å². The minimum Gasteiger partial charge on any atom is -0.328 e. The molecule has 4 nitrogen and oxygen atoms in total. The third kappa shape index (κ3) is 5.31. The maximum absolute atomic E-state index is 12.1. The van der Waals surface area contributed by atoms with Crippen molar-refractivity contribution in [2.75, 3.05) is 0 Å². The van der Waals surface area contributed by atoms with Gasteiger partial charge in [0.2, 0.25) is 0 Å². The van der Waals surface area contributed by atoms with Gasteiger partial charge < -0.3 is 5.32 Å². The number of amides is 2. The topological polar surface area (TPSA) is 53.5 Å². The first-order chi connectivity index (χ1) is 11.8. The maximum atomic E-state index is 12.1. The Bertz CT molecular complexity index is 789. The highest BCUT2D eigenvalue weighted by atomic mass is 16.2. The van der Waals surface area contributed by atoms with Gasteiger partial charge in [0.05, 0.1) is 11.8 Å². The first-order valence-corrected chi connectivity index (χ1v) is 8.22. The molecule has 0 aliphatic carbocycles. The van der Waals surface area contributed by atoms with E-state index in [2.05, 4.69) is 22.4 Å². The molecule has 0 bridgehead atoms. The highest BCUT2D eigenvalue weighted by molar-refractivity contribution is 5.82. The Balaban J connectivity index is 1.99. The summed E-state index contributed by atoms with van der Waals surface area (Å²) in [5.74, 6) is 0. The van der Waals surface area contributed by atoms with Crippen molar-refractivity contribution >= 4 is 17.8 Å². The highest BCUT2D eigenvalue weighted by Gasteiger charge is 2.23. The zero-order valence-corrected chi connectivity index (χ0v) is 15.3. The molecular weight excluding hydrogens is 310 g/mol. The number of nitrogens with one attached hydrogen (secondary N) is 2. The Labute approximate surface area is 149 Å². The SMILES string of the molecule is C=C(C)c1cccc(C(C)(C)NC(=O)NN=Cc2ccc(C)cc2)c1. The van der Waals surface area contributed by atoms with Crippen molar-refractivity contribution in [1.29, 1.82) is 0 Å². The largest absolute Gasteiger partial charge is 0.335 e. The van der Waals surface area contributed by atoms with Gasteiger partial charge in [-0.15, -0.1) is 0 Å². The van der Waals surface area contributed by atoms with E-state index in [-0.39, 0.29) is 6.03 Å². The van der Waals surface area contributed by atoms with E-state index in [1.54, 1.807) is 6.21 Å².